The van der Waals surface area contributed by atoms with E-state index in [1.165, 1.54) is 48.9 Å². The molecule has 4 heterocycles. The second kappa shape index (κ2) is 7.42. The summed E-state index contributed by atoms with van der Waals surface area (Å²) in [4.78, 5) is 15.2. The zero-order valence-corrected chi connectivity index (χ0v) is 19.3. The van der Waals surface area contributed by atoms with Gasteiger partial charge in [-0.2, -0.15) is 5.10 Å². The summed E-state index contributed by atoms with van der Waals surface area (Å²) in [6.07, 6.45) is 9.55. The summed E-state index contributed by atoms with van der Waals surface area (Å²) in [7, 11) is 0. The molecule has 1 atom stereocenters. The van der Waals surface area contributed by atoms with Crippen molar-refractivity contribution < 1.29 is 0 Å². The van der Waals surface area contributed by atoms with Crippen molar-refractivity contribution in [3.05, 3.63) is 41.1 Å². The molecule has 2 saturated heterocycles. The molecule has 3 N–H and O–H groups in total. The molecule has 1 aromatic carbocycles. The highest BCUT2D eigenvalue weighted by Gasteiger charge is 2.46. The van der Waals surface area contributed by atoms with Crippen molar-refractivity contribution in [1.29, 1.82) is 0 Å². The fourth-order valence-corrected chi connectivity index (χ4v) is 6.49. The standard InChI is InChI=1S/C26H33N7/c27-22-19-7-3-2-6-18(19)16-26(22)10-14-33(15-11-26)24-20(17-8-9-17)28-21-23(29-24)30-31-25(21)32-12-4-1-5-13-32/h2-3,6-7,17,22H,1,4-5,8-16,27H2,(H,29,30,31)/t22-/m1/s1. The molecule has 1 saturated carbocycles. The van der Waals surface area contributed by atoms with E-state index in [4.69, 9.17) is 15.7 Å². The van der Waals surface area contributed by atoms with Crippen molar-refractivity contribution in [3.63, 3.8) is 0 Å². The number of piperidine rings is 2. The number of hydrogen-bond donors (Lipinski definition) is 2. The summed E-state index contributed by atoms with van der Waals surface area (Å²) in [5.41, 5.74) is 12.8. The number of fused-ring (bicyclic) bond motifs is 2. The molecular formula is C26H33N7. The van der Waals surface area contributed by atoms with Gasteiger partial charge in [-0.05, 0) is 67.9 Å². The molecule has 7 rings (SSSR count). The second-order valence-corrected chi connectivity index (χ2v) is 10.7. The minimum absolute atomic E-state index is 0.145. The molecule has 0 amide bonds. The number of nitrogens with one attached hydrogen (secondary N) is 1. The van der Waals surface area contributed by atoms with Crippen LogP contribution in [0, 0.1) is 5.41 Å². The van der Waals surface area contributed by atoms with Crippen LogP contribution in [0.5, 0.6) is 0 Å². The SMILES string of the molecule is N[C@@H]1c2ccccc2CC12CCN(c1nc3[nH]nc(N4CCCCC4)c3nc1C1CC1)CC2. The predicted molar refractivity (Wildman–Crippen MR) is 131 cm³/mol. The summed E-state index contributed by atoms with van der Waals surface area (Å²) in [5, 5.41) is 7.86. The number of anilines is 2. The van der Waals surface area contributed by atoms with Crippen LogP contribution in [0.2, 0.25) is 0 Å². The number of aromatic amines is 1. The third-order valence-electron chi connectivity index (χ3n) is 8.65. The Balaban J connectivity index is 1.18. The molecule has 1 spiro atoms. The van der Waals surface area contributed by atoms with Gasteiger partial charge in [-0.3, -0.25) is 5.10 Å². The van der Waals surface area contributed by atoms with E-state index in [1.807, 2.05) is 0 Å². The first-order valence-electron chi connectivity index (χ1n) is 12.8. The maximum absolute atomic E-state index is 6.81. The van der Waals surface area contributed by atoms with Crippen molar-refractivity contribution in [2.75, 3.05) is 36.0 Å². The highest BCUT2D eigenvalue weighted by Crippen LogP contribution is 2.52. The smallest absolute Gasteiger partial charge is 0.178 e. The first-order valence-corrected chi connectivity index (χ1v) is 12.8. The summed E-state index contributed by atoms with van der Waals surface area (Å²) in [6.45, 7) is 4.13. The molecule has 7 heteroatoms. The molecule has 7 nitrogen and oxygen atoms in total. The fraction of sp³-hybridized carbons (Fsp3) is 0.577. The zero-order chi connectivity index (χ0) is 22.0. The highest BCUT2D eigenvalue weighted by molar-refractivity contribution is 5.85. The third kappa shape index (κ3) is 3.15. The molecule has 4 aliphatic rings. The van der Waals surface area contributed by atoms with E-state index in [-0.39, 0.29) is 11.5 Å². The number of benzene rings is 1. The van der Waals surface area contributed by atoms with Gasteiger partial charge in [0.05, 0.1) is 5.69 Å². The van der Waals surface area contributed by atoms with Gasteiger partial charge in [-0.25, -0.2) is 9.97 Å². The molecular weight excluding hydrogens is 410 g/mol. The van der Waals surface area contributed by atoms with Crippen LogP contribution in [0.25, 0.3) is 11.2 Å². The van der Waals surface area contributed by atoms with Crippen LogP contribution in [0.1, 0.15) is 73.7 Å². The Labute approximate surface area is 194 Å². The molecule has 0 unspecified atom stereocenters. The van der Waals surface area contributed by atoms with Crippen molar-refractivity contribution in [2.24, 2.45) is 11.1 Å². The summed E-state index contributed by atoms with van der Waals surface area (Å²) < 4.78 is 0. The van der Waals surface area contributed by atoms with Crippen LogP contribution in [-0.2, 0) is 6.42 Å². The van der Waals surface area contributed by atoms with Crippen LogP contribution < -0.4 is 15.5 Å². The Hall–Kier alpha value is -2.67. The van der Waals surface area contributed by atoms with Gasteiger partial charge in [0.15, 0.2) is 22.8 Å². The molecule has 0 bridgehead atoms. The van der Waals surface area contributed by atoms with E-state index in [0.717, 1.165) is 68.2 Å². The monoisotopic (exact) mass is 443 g/mol. The minimum atomic E-state index is 0.145. The van der Waals surface area contributed by atoms with E-state index in [9.17, 15) is 0 Å². The lowest BCUT2D eigenvalue weighted by atomic mass is 9.73. The Bertz CT molecular complexity index is 1180. The first kappa shape index (κ1) is 19.8. The number of hydrogen-bond acceptors (Lipinski definition) is 6. The highest BCUT2D eigenvalue weighted by atomic mass is 15.3. The number of nitrogens with zero attached hydrogens (tertiary/aromatic N) is 5. The van der Waals surface area contributed by atoms with Crippen LogP contribution >= 0.6 is 0 Å². The summed E-state index contributed by atoms with van der Waals surface area (Å²) >= 11 is 0. The Morgan fingerprint density at radius 2 is 1.67 bits per heavy atom. The number of rotatable bonds is 3. The summed E-state index contributed by atoms with van der Waals surface area (Å²) in [5.74, 6) is 2.63. The van der Waals surface area contributed by atoms with Gasteiger partial charge in [0.1, 0.15) is 0 Å². The van der Waals surface area contributed by atoms with Crippen LogP contribution in [0.3, 0.4) is 0 Å². The van der Waals surface area contributed by atoms with Gasteiger partial charge in [0, 0.05) is 38.1 Å². The fourth-order valence-electron chi connectivity index (χ4n) is 6.49. The Morgan fingerprint density at radius 1 is 0.909 bits per heavy atom. The average Bonchev–Trinajstić information content (AvgIpc) is 3.57. The molecule has 2 aromatic heterocycles. The molecule has 2 aliphatic heterocycles. The van der Waals surface area contributed by atoms with Crippen molar-refractivity contribution in [1.82, 2.24) is 20.2 Å². The maximum Gasteiger partial charge on any atom is 0.178 e. The zero-order valence-electron chi connectivity index (χ0n) is 19.3. The normalized spacial score (nSPS) is 24.6. The first-order chi connectivity index (χ1) is 16.2. The number of aromatic nitrogens is 4. The van der Waals surface area contributed by atoms with Crippen molar-refractivity contribution in [3.8, 4) is 0 Å². The largest absolute Gasteiger partial charge is 0.355 e. The van der Waals surface area contributed by atoms with E-state index >= 15 is 0 Å². The number of H-pyrrole nitrogens is 1. The lowest BCUT2D eigenvalue weighted by Crippen LogP contribution is -2.45. The minimum Gasteiger partial charge on any atom is -0.355 e. The third-order valence-corrected chi connectivity index (χ3v) is 8.65. The molecule has 0 radical (unpaired) electrons. The Kier molecular flexibility index (Phi) is 4.44. The van der Waals surface area contributed by atoms with Gasteiger partial charge >= 0.3 is 0 Å². The molecule has 2 aliphatic carbocycles. The topological polar surface area (TPSA) is 87.0 Å². The van der Waals surface area contributed by atoms with Gasteiger partial charge in [0.25, 0.3) is 0 Å². The quantitative estimate of drug-likeness (QED) is 0.635. The predicted octanol–water partition coefficient (Wildman–Crippen LogP) is 4.06. The van der Waals surface area contributed by atoms with Crippen molar-refractivity contribution in [2.45, 2.75) is 63.3 Å². The second-order valence-electron chi connectivity index (χ2n) is 10.7. The van der Waals surface area contributed by atoms with E-state index in [0.29, 0.717) is 5.92 Å². The maximum atomic E-state index is 6.81. The van der Waals surface area contributed by atoms with Crippen LogP contribution in [0.4, 0.5) is 11.6 Å². The van der Waals surface area contributed by atoms with Gasteiger partial charge in [-0.15, -0.1) is 0 Å². The van der Waals surface area contributed by atoms with Gasteiger partial charge < -0.3 is 15.5 Å². The molecule has 3 fully saturated rings. The van der Waals surface area contributed by atoms with Crippen molar-refractivity contribution >= 4 is 22.8 Å². The van der Waals surface area contributed by atoms with Gasteiger partial charge in [-0.1, -0.05) is 24.3 Å². The molecule has 3 aromatic rings. The van der Waals surface area contributed by atoms with E-state index in [1.54, 1.807) is 0 Å². The van der Waals surface area contributed by atoms with Gasteiger partial charge in [0.2, 0.25) is 0 Å². The Morgan fingerprint density at radius 3 is 2.42 bits per heavy atom. The summed E-state index contributed by atoms with van der Waals surface area (Å²) in [6, 6.07) is 8.91. The van der Waals surface area contributed by atoms with Crippen LogP contribution in [0.15, 0.2) is 24.3 Å². The molecule has 172 valence electrons. The number of nitrogens with two attached hydrogens (primary N) is 1. The lowest BCUT2D eigenvalue weighted by molar-refractivity contribution is 0.187. The average molecular weight is 444 g/mol. The molecule has 33 heavy (non-hydrogen) atoms. The lowest BCUT2D eigenvalue weighted by Gasteiger charge is -2.43. The van der Waals surface area contributed by atoms with Crippen LogP contribution in [-0.4, -0.2) is 46.3 Å². The van der Waals surface area contributed by atoms with E-state index in [2.05, 4.69) is 44.3 Å². The van der Waals surface area contributed by atoms with E-state index < -0.39 is 0 Å².